The second kappa shape index (κ2) is 4.59. The summed E-state index contributed by atoms with van der Waals surface area (Å²) in [5.41, 5.74) is 1.05. The molecule has 19 heavy (non-hydrogen) atoms. The Morgan fingerprint density at radius 2 is 2.21 bits per heavy atom. The lowest BCUT2D eigenvalue weighted by molar-refractivity contribution is 0.300. The summed E-state index contributed by atoms with van der Waals surface area (Å²) < 4.78 is 31.7. The Balaban J connectivity index is 1.99. The van der Waals surface area contributed by atoms with Crippen LogP contribution in [-0.4, -0.2) is 43.4 Å². The third kappa shape index (κ3) is 2.24. The lowest BCUT2D eigenvalue weighted by Gasteiger charge is -2.29. The van der Waals surface area contributed by atoms with E-state index in [2.05, 4.69) is 10.3 Å². The van der Waals surface area contributed by atoms with Crippen LogP contribution in [0.1, 0.15) is 6.92 Å². The number of sulfonamides is 1. The Labute approximate surface area is 111 Å². The molecule has 3 rings (SSSR count). The van der Waals surface area contributed by atoms with Crippen LogP contribution in [0.5, 0.6) is 0 Å². The van der Waals surface area contributed by atoms with Crippen LogP contribution >= 0.6 is 0 Å². The molecule has 0 bridgehead atoms. The van der Waals surface area contributed by atoms with Crippen LogP contribution in [0.2, 0.25) is 0 Å². The summed E-state index contributed by atoms with van der Waals surface area (Å²) in [5, 5.41) is 2.99. The van der Waals surface area contributed by atoms with Gasteiger partial charge in [0, 0.05) is 25.7 Å². The minimum Gasteiger partial charge on any atom is -0.427 e. The predicted molar refractivity (Wildman–Crippen MR) is 70.2 cm³/mol. The van der Waals surface area contributed by atoms with E-state index >= 15 is 0 Å². The zero-order valence-electron chi connectivity index (χ0n) is 10.5. The summed E-state index contributed by atoms with van der Waals surface area (Å²) in [5.74, 6) is 0. The van der Waals surface area contributed by atoms with E-state index in [1.807, 2.05) is 6.92 Å². The van der Waals surface area contributed by atoms with E-state index in [0.29, 0.717) is 30.7 Å². The van der Waals surface area contributed by atoms with Crippen LogP contribution in [-0.2, 0) is 10.0 Å². The molecule has 1 N–H and O–H groups in total. The van der Waals surface area contributed by atoms with Gasteiger partial charge >= 0.3 is 5.22 Å². The van der Waals surface area contributed by atoms with Gasteiger partial charge in [-0.1, -0.05) is 12.1 Å². The highest BCUT2D eigenvalue weighted by Gasteiger charge is 2.32. The number of fused-ring (bicyclic) bond motifs is 1. The highest BCUT2D eigenvalue weighted by molar-refractivity contribution is 7.88. The van der Waals surface area contributed by atoms with Crippen molar-refractivity contribution in [1.82, 2.24) is 14.6 Å². The van der Waals surface area contributed by atoms with Gasteiger partial charge in [0.2, 0.25) is 0 Å². The second-order valence-corrected chi connectivity index (χ2v) is 6.48. The van der Waals surface area contributed by atoms with Crippen molar-refractivity contribution >= 4 is 21.1 Å². The minimum atomic E-state index is -3.64. The number of aromatic nitrogens is 1. The molecular weight excluding hydrogens is 266 g/mol. The van der Waals surface area contributed by atoms with E-state index in [1.165, 1.54) is 4.31 Å². The maximum absolute atomic E-state index is 12.4. The van der Waals surface area contributed by atoms with Crippen molar-refractivity contribution in [1.29, 1.82) is 0 Å². The molecule has 2 heterocycles. The second-order valence-electron chi connectivity index (χ2n) is 4.67. The van der Waals surface area contributed by atoms with Crippen molar-refractivity contribution in [3.63, 3.8) is 0 Å². The minimum absolute atomic E-state index is 0.132. The molecule has 0 amide bonds. The van der Waals surface area contributed by atoms with E-state index in [9.17, 15) is 8.42 Å². The summed E-state index contributed by atoms with van der Waals surface area (Å²) in [7, 11) is -3.64. The molecule has 7 heteroatoms. The summed E-state index contributed by atoms with van der Waals surface area (Å²) in [6.07, 6.45) is 0. The summed E-state index contributed by atoms with van der Waals surface area (Å²) in [4.78, 5) is 4.07. The highest BCUT2D eigenvalue weighted by Crippen LogP contribution is 2.21. The van der Waals surface area contributed by atoms with Gasteiger partial charge in [-0.05, 0) is 19.1 Å². The molecule has 0 saturated carbocycles. The van der Waals surface area contributed by atoms with Gasteiger partial charge in [0.05, 0.1) is 0 Å². The van der Waals surface area contributed by atoms with E-state index in [-0.39, 0.29) is 11.3 Å². The number of oxazole rings is 1. The average molecular weight is 281 g/mol. The molecule has 1 fully saturated rings. The van der Waals surface area contributed by atoms with Crippen LogP contribution in [0.4, 0.5) is 0 Å². The van der Waals surface area contributed by atoms with E-state index in [4.69, 9.17) is 4.42 Å². The fourth-order valence-corrected chi connectivity index (χ4v) is 3.57. The fourth-order valence-electron chi connectivity index (χ4n) is 2.19. The van der Waals surface area contributed by atoms with Crippen LogP contribution in [0.25, 0.3) is 11.1 Å². The largest absolute Gasteiger partial charge is 0.427 e. The van der Waals surface area contributed by atoms with Crippen LogP contribution in [0.15, 0.2) is 33.9 Å². The molecule has 1 aliphatic rings. The van der Waals surface area contributed by atoms with Crippen molar-refractivity contribution in [3.8, 4) is 0 Å². The summed E-state index contributed by atoms with van der Waals surface area (Å²) in [6.45, 7) is 3.46. The van der Waals surface area contributed by atoms with Gasteiger partial charge in [0.25, 0.3) is 10.0 Å². The van der Waals surface area contributed by atoms with Crippen LogP contribution < -0.4 is 5.32 Å². The zero-order valence-corrected chi connectivity index (χ0v) is 11.4. The van der Waals surface area contributed by atoms with Gasteiger partial charge in [-0.2, -0.15) is 9.29 Å². The first kappa shape index (κ1) is 12.6. The summed E-state index contributed by atoms with van der Waals surface area (Å²) >= 11 is 0. The topological polar surface area (TPSA) is 75.4 Å². The monoisotopic (exact) mass is 281 g/mol. The number of hydrogen-bond donors (Lipinski definition) is 1. The molecule has 1 aliphatic heterocycles. The highest BCUT2D eigenvalue weighted by atomic mass is 32.2. The molecule has 1 unspecified atom stereocenters. The zero-order chi connectivity index (χ0) is 13.5. The third-order valence-corrected chi connectivity index (χ3v) is 4.79. The molecule has 0 aliphatic carbocycles. The Morgan fingerprint density at radius 1 is 1.42 bits per heavy atom. The van der Waals surface area contributed by atoms with Crippen molar-refractivity contribution in [2.24, 2.45) is 0 Å². The van der Waals surface area contributed by atoms with Gasteiger partial charge in [0.1, 0.15) is 5.52 Å². The number of hydrogen-bond acceptors (Lipinski definition) is 5. The number of benzene rings is 1. The first-order chi connectivity index (χ1) is 9.07. The molecule has 1 aromatic heterocycles. The number of nitrogens with zero attached hydrogens (tertiary/aromatic N) is 2. The molecule has 1 saturated heterocycles. The molecule has 0 spiro atoms. The molecule has 2 aromatic rings. The van der Waals surface area contributed by atoms with Crippen molar-refractivity contribution in [2.75, 3.05) is 19.6 Å². The van der Waals surface area contributed by atoms with Crippen molar-refractivity contribution < 1.29 is 12.8 Å². The smallest absolute Gasteiger partial charge is 0.332 e. The standard InChI is InChI=1S/C12H15N3O3S/c1-9-8-15(7-6-13-9)19(16,17)12-14-10-4-2-3-5-11(10)18-12/h2-5,9,13H,6-8H2,1H3. The molecule has 1 aromatic carbocycles. The maximum Gasteiger partial charge on any atom is 0.332 e. The van der Waals surface area contributed by atoms with Gasteiger partial charge in [-0.25, -0.2) is 8.42 Å². The molecule has 0 radical (unpaired) electrons. The van der Waals surface area contributed by atoms with Gasteiger partial charge in [-0.15, -0.1) is 0 Å². The number of nitrogens with one attached hydrogen (secondary N) is 1. The fraction of sp³-hybridized carbons (Fsp3) is 0.417. The summed E-state index contributed by atoms with van der Waals surface area (Å²) in [6, 6.07) is 7.16. The number of piperazine rings is 1. The molecular formula is C12H15N3O3S. The van der Waals surface area contributed by atoms with Crippen molar-refractivity contribution in [2.45, 2.75) is 18.2 Å². The lowest BCUT2D eigenvalue weighted by atomic mass is 10.3. The Morgan fingerprint density at radius 3 is 2.95 bits per heavy atom. The first-order valence-corrected chi connectivity index (χ1v) is 7.60. The maximum atomic E-state index is 12.4. The Kier molecular flexibility index (Phi) is 3.04. The van der Waals surface area contributed by atoms with Gasteiger partial charge < -0.3 is 9.73 Å². The van der Waals surface area contributed by atoms with E-state index < -0.39 is 10.0 Å². The van der Waals surface area contributed by atoms with Crippen LogP contribution in [0.3, 0.4) is 0 Å². The third-order valence-electron chi connectivity index (χ3n) is 3.17. The lowest BCUT2D eigenvalue weighted by Crippen LogP contribution is -2.51. The first-order valence-electron chi connectivity index (χ1n) is 6.16. The van der Waals surface area contributed by atoms with Gasteiger partial charge in [-0.3, -0.25) is 0 Å². The van der Waals surface area contributed by atoms with E-state index in [1.54, 1.807) is 24.3 Å². The predicted octanol–water partition coefficient (Wildman–Crippen LogP) is 0.810. The SMILES string of the molecule is CC1CN(S(=O)(=O)c2nc3ccccc3o2)CCN1. The average Bonchev–Trinajstić information content (AvgIpc) is 2.83. The Hall–Kier alpha value is -1.44. The van der Waals surface area contributed by atoms with Crippen molar-refractivity contribution in [3.05, 3.63) is 24.3 Å². The molecule has 6 nitrogen and oxygen atoms in total. The Bertz CT molecular complexity index is 662. The molecule has 1 atom stereocenters. The number of rotatable bonds is 2. The van der Waals surface area contributed by atoms with Gasteiger partial charge in [0.15, 0.2) is 5.58 Å². The normalized spacial score (nSPS) is 21.8. The number of para-hydroxylation sites is 2. The van der Waals surface area contributed by atoms with E-state index in [0.717, 1.165) is 0 Å². The molecule has 102 valence electrons. The van der Waals surface area contributed by atoms with Crippen LogP contribution in [0, 0.1) is 0 Å². The quantitative estimate of drug-likeness (QED) is 0.881.